The van der Waals surface area contributed by atoms with Gasteiger partial charge in [-0.3, -0.25) is 0 Å². The number of nitrogens with one attached hydrogen (secondary N) is 1. The fourth-order valence-corrected chi connectivity index (χ4v) is 4.11. The first-order valence-electron chi connectivity index (χ1n) is 10.7. The molecule has 5 heteroatoms. The highest BCUT2D eigenvalue weighted by Crippen LogP contribution is 2.33. The van der Waals surface area contributed by atoms with Gasteiger partial charge in [0.25, 0.3) is 0 Å². The summed E-state index contributed by atoms with van der Waals surface area (Å²) in [7, 11) is 0. The Morgan fingerprint density at radius 2 is 1.83 bits per heavy atom. The number of esters is 1. The Kier molecular flexibility index (Phi) is 9.34. The van der Waals surface area contributed by atoms with E-state index < -0.39 is 5.60 Å². The second kappa shape index (κ2) is 11.5. The molecule has 1 aliphatic rings. The summed E-state index contributed by atoms with van der Waals surface area (Å²) in [6.07, 6.45) is 5.69. The number of hydrogen-bond acceptors (Lipinski definition) is 5. The van der Waals surface area contributed by atoms with Gasteiger partial charge in [0.1, 0.15) is 0 Å². The molecule has 1 heterocycles. The summed E-state index contributed by atoms with van der Waals surface area (Å²) in [5, 5.41) is 9.28. The molecule has 1 aliphatic heterocycles. The van der Waals surface area contributed by atoms with Crippen molar-refractivity contribution in [2.75, 3.05) is 13.2 Å². The average Bonchev–Trinajstić information content (AvgIpc) is 2.95. The highest BCUT2D eigenvalue weighted by Gasteiger charge is 2.43. The summed E-state index contributed by atoms with van der Waals surface area (Å²) in [5.74, 6) is 1.54. The van der Waals surface area contributed by atoms with Gasteiger partial charge in [-0.15, -0.1) is 0 Å². The number of carbonyl (C=O) groups excluding carboxylic acids is 1. The van der Waals surface area contributed by atoms with Crippen LogP contribution >= 0.6 is 0 Å². The van der Waals surface area contributed by atoms with Crippen LogP contribution in [0.3, 0.4) is 0 Å². The predicted octanol–water partition coefficient (Wildman–Crippen LogP) is 4.89. The van der Waals surface area contributed by atoms with Gasteiger partial charge in [0, 0.05) is 12.0 Å². The molecule has 0 aliphatic carbocycles. The third-order valence-electron chi connectivity index (χ3n) is 5.27. The SMILES string of the molecule is CC(C)CC(C/C=C1/C[C@](CNO)(COCc2ccccc2)OC1=O)CC(C)C. The third-order valence-corrected chi connectivity index (χ3v) is 5.27. The lowest BCUT2D eigenvalue weighted by Crippen LogP contribution is -2.43. The molecule has 2 rings (SSSR count). The topological polar surface area (TPSA) is 67.8 Å². The van der Waals surface area contributed by atoms with Crippen LogP contribution in [0.2, 0.25) is 0 Å². The van der Waals surface area contributed by atoms with Gasteiger partial charge < -0.3 is 14.7 Å². The van der Waals surface area contributed by atoms with Crippen LogP contribution in [-0.4, -0.2) is 29.9 Å². The number of ether oxygens (including phenoxy) is 2. The van der Waals surface area contributed by atoms with E-state index >= 15 is 0 Å². The Labute approximate surface area is 175 Å². The van der Waals surface area contributed by atoms with Crippen LogP contribution in [0.25, 0.3) is 0 Å². The summed E-state index contributed by atoms with van der Waals surface area (Å²) in [5.41, 5.74) is 3.07. The minimum absolute atomic E-state index is 0.145. The van der Waals surface area contributed by atoms with E-state index in [1.807, 2.05) is 36.4 Å². The van der Waals surface area contributed by atoms with Crippen molar-refractivity contribution in [1.82, 2.24) is 5.48 Å². The average molecular weight is 404 g/mol. The highest BCUT2D eigenvalue weighted by molar-refractivity contribution is 5.91. The molecule has 29 heavy (non-hydrogen) atoms. The largest absolute Gasteiger partial charge is 0.451 e. The Balaban J connectivity index is 1.99. The maximum atomic E-state index is 12.5. The molecule has 1 aromatic rings. The van der Waals surface area contributed by atoms with Crippen molar-refractivity contribution in [3.63, 3.8) is 0 Å². The van der Waals surface area contributed by atoms with Crippen LogP contribution in [0.5, 0.6) is 0 Å². The maximum Gasteiger partial charge on any atom is 0.334 e. The van der Waals surface area contributed by atoms with E-state index in [9.17, 15) is 10.0 Å². The molecule has 0 aromatic heterocycles. The molecule has 5 nitrogen and oxygen atoms in total. The summed E-state index contributed by atoms with van der Waals surface area (Å²) < 4.78 is 11.5. The van der Waals surface area contributed by atoms with E-state index in [1.165, 1.54) is 0 Å². The molecule has 162 valence electrons. The molecule has 2 N–H and O–H groups in total. The zero-order chi connectivity index (χ0) is 21.3. The first-order valence-corrected chi connectivity index (χ1v) is 10.7. The Morgan fingerprint density at radius 1 is 1.17 bits per heavy atom. The van der Waals surface area contributed by atoms with E-state index in [4.69, 9.17) is 9.47 Å². The molecule has 1 fully saturated rings. The fourth-order valence-electron chi connectivity index (χ4n) is 4.11. The number of benzene rings is 1. The summed E-state index contributed by atoms with van der Waals surface area (Å²) >= 11 is 0. The minimum Gasteiger partial charge on any atom is -0.451 e. The van der Waals surface area contributed by atoms with E-state index in [2.05, 4.69) is 33.2 Å². The normalized spacial score (nSPS) is 21.0. The number of allylic oxidation sites excluding steroid dienone is 1. The minimum atomic E-state index is -0.863. The number of carbonyl (C=O) groups is 1. The summed E-state index contributed by atoms with van der Waals surface area (Å²) in [4.78, 5) is 12.5. The van der Waals surface area contributed by atoms with Crippen LogP contribution in [0.4, 0.5) is 0 Å². The van der Waals surface area contributed by atoms with Gasteiger partial charge in [-0.2, -0.15) is 0 Å². The molecule has 0 bridgehead atoms. The van der Waals surface area contributed by atoms with E-state index in [1.54, 1.807) is 0 Å². The monoisotopic (exact) mass is 403 g/mol. The third kappa shape index (κ3) is 7.92. The second-order valence-corrected chi connectivity index (χ2v) is 9.15. The smallest absolute Gasteiger partial charge is 0.334 e. The quantitative estimate of drug-likeness (QED) is 0.295. The van der Waals surface area contributed by atoms with Crippen LogP contribution in [0.15, 0.2) is 42.0 Å². The standard InChI is InChI=1S/C24H37NO4/c1-18(2)12-21(13-19(3)4)10-11-22-14-24(16-25-27,29-23(22)26)17-28-15-20-8-6-5-7-9-20/h5-9,11,18-19,21,25,27H,10,12-17H2,1-4H3/b22-11-/t24-/m0/s1. The van der Waals surface area contributed by atoms with Gasteiger partial charge in [0.05, 0.1) is 19.8 Å². The Morgan fingerprint density at radius 3 is 2.41 bits per heavy atom. The van der Waals surface area contributed by atoms with Gasteiger partial charge in [-0.05, 0) is 42.6 Å². The molecule has 0 unspecified atom stereocenters. The molecule has 1 saturated heterocycles. The van der Waals surface area contributed by atoms with Gasteiger partial charge >= 0.3 is 5.97 Å². The van der Waals surface area contributed by atoms with Crippen LogP contribution < -0.4 is 5.48 Å². The first kappa shape index (κ1) is 23.6. The number of hydroxylamine groups is 1. The van der Waals surface area contributed by atoms with Crippen molar-refractivity contribution >= 4 is 5.97 Å². The summed E-state index contributed by atoms with van der Waals surface area (Å²) in [6, 6.07) is 9.87. The number of hydrogen-bond donors (Lipinski definition) is 2. The second-order valence-electron chi connectivity index (χ2n) is 9.15. The molecule has 0 saturated carbocycles. The Bertz CT molecular complexity index is 646. The number of cyclic esters (lactones) is 1. The van der Waals surface area contributed by atoms with Crippen LogP contribution in [0, 0.1) is 17.8 Å². The molecule has 0 radical (unpaired) electrons. The maximum absolute atomic E-state index is 12.5. The van der Waals surface area contributed by atoms with E-state index in [0.29, 0.717) is 36.4 Å². The van der Waals surface area contributed by atoms with Gasteiger partial charge in [0.2, 0.25) is 0 Å². The van der Waals surface area contributed by atoms with Crippen molar-refractivity contribution in [3.8, 4) is 0 Å². The molecule has 1 aromatic carbocycles. The zero-order valence-electron chi connectivity index (χ0n) is 18.3. The molecule has 0 spiro atoms. The lowest BCUT2D eigenvalue weighted by Gasteiger charge is -2.26. The lowest BCUT2D eigenvalue weighted by molar-refractivity contribution is -0.154. The van der Waals surface area contributed by atoms with Gasteiger partial charge in [-0.25, -0.2) is 10.3 Å². The molecule has 1 atom stereocenters. The molecular formula is C24H37NO4. The van der Waals surface area contributed by atoms with Gasteiger partial charge in [-0.1, -0.05) is 64.1 Å². The van der Waals surface area contributed by atoms with E-state index in [-0.39, 0.29) is 19.1 Å². The first-order chi connectivity index (χ1) is 13.8. The highest BCUT2D eigenvalue weighted by atomic mass is 16.6. The van der Waals surface area contributed by atoms with E-state index in [0.717, 1.165) is 24.8 Å². The van der Waals surface area contributed by atoms with Crippen molar-refractivity contribution in [2.45, 2.75) is 65.6 Å². The predicted molar refractivity (Wildman–Crippen MR) is 114 cm³/mol. The zero-order valence-corrected chi connectivity index (χ0v) is 18.3. The lowest BCUT2D eigenvalue weighted by atomic mass is 9.86. The van der Waals surface area contributed by atoms with Crippen LogP contribution in [-0.2, 0) is 20.9 Å². The van der Waals surface area contributed by atoms with Crippen molar-refractivity contribution < 1.29 is 19.5 Å². The van der Waals surface area contributed by atoms with Crippen molar-refractivity contribution in [3.05, 3.63) is 47.5 Å². The van der Waals surface area contributed by atoms with Crippen molar-refractivity contribution in [2.24, 2.45) is 17.8 Å². The van der Waals surface area contributed by atoms with Crippen molar-refractivity contribution in [1.29, 1.82) is 0 Å². The summed E-state index contributed by atoms with van der Waals surface area (Å²) in [6.45, 7) is 9.79. The van der Waals surface area contributed by atoms with Crippen LogP contribution in [0.1, 0.15) is 58.9 Å². The molecule has 0 amide bonds. The van der Waals surface area contributed by atoms with Gasteiger partial charge in [0.15, 0.2) is 5.60 Å². The Hall–Kier alpha value is -1.69. The fraction of sp³-hybridized carbons (Fsp3) is 0.625. The number of rotatable bonds is 12. The molecular weight excluding hydrogens is 366 g/mol.